The first-order valence-corrected chi connectivity index (χ1v) is 10.7. The Kier molecular flexibility index (Phi) is 4.88. The van der Waals surface area contributed by atoms with Crippen LogP contribution in [-0.4, -0.2) is 20.9 Å². The molecule has 1 aliphatic heterocycles. The van der Waals surface area contributed by atoms with E-state index in [1.165, 1.54) is 11.3 Å². The summed E-state index contributed by atoms with van der Waals surface area (Å²) in [5, 5.41) is 0. The van der Waals surface area contributed by atoms with Crippen LogP contribution in [0.5, 0.6) is 0 Å². The van der Waals surface area contributed by atoms with Crippen molar-refractivity contribution in [3.8, 4) is 0 Å². The second kappa shape index (κ2) is 6.80. The molecule has 0 atom stereocenters. The Bertz CT molecular complexity index is 901. The molecule has 134 valence electrons. The average Bonchev–Trinajstić information content (AvgIpc) is 3.20. The highest BCUT2D eigenvalue weighted by Gasteiger charge is 2.27. The molecule has 1 amide bonds. The average molecular weight is 379 g/mol. The van der Waals surface area contributed by atoms with Gasteiger partial charge in [0.2, 0.25) is 5.91 Å². The zero-order valence-corrected chi connectivity index (χ0v) is 16.2. The van der Waals surface area contributed by atoms with E-state index >= 15 is 0 Å². The molecule has 2 aromatic rings. The van der Waals surface area contributed by atoms with Gasteiger partial charge in [-0.05, 0) is 48.7 Å². The summed E-state index contributed by atoms with van der Waals surface area (Å²) in [4.78, 5) is 15.1. The maximum atomic E-state index is 12.5. The largest absolute Gasteiger partial charge is 0.312 e. The normalized spacial score (nSPS) is 14.0. The fourth-order valence-electron chi connectivity index (χ4n) is 2.90. The first-order valence-electron chi connectivity index (χ1n) is 8.37. The van der Waals surface area contributed by atoms with Crippen LogP contribution in [-0.2, 0) is 27.7 Å². The Morgan fingerprint density at radius 1 is 1.28 bits per heavy atom. The molecule has 2 heterocycles. The summed E-state index contributed by atoms with van der Waals surface area (Å²) in [6.07, 6.45) is 1.56. The van der Waals surface area contributed by atoms with Crippen LogP contribution in [0.1, 0.15) is 31.2 Å². The number of anilines is 2. The van der Waals surface area contributed by atoms with E-state index in [9.17, 15) is 13.2 Å². The number of rotatable bonds is 5. The van der Waals surface area contributed by atoms with Gasteiger partial charge in [-0.15, -0.1) is 11.3 Å². The highest BCUT2D eigenvalue weighted by atomic mass is 32.2. The van der Waals surface area contributed by atoms with Gasteiger partial charge in [-0.3, -0.25) is 9.52 Å². The van der Waals surface area contributed by atoms with E-state index < -0.39 is 10.0 Å². The predicted molar refractivity (Wildman–Crippen MR) is 102 cm³/mol. The van der Waals surface area contributed by atoms with Crippen LogP contribution in [0.15, 0.2) is 34.5 Å². The van der Waals surface area contributed by atoms with Gasteiger partial charge in [-0.1, -0.05) is 20.8 Å². The zero-order valence-electron chi connectivity index (χ0n) is 14.6. The number of benzene rings is 1. The van der Waals surface area contributed by atoms with Gasteiger partial charge in [0.25, 0.3) is 10.0 Å². The minimum absolute atomic E-state index is 0.0595. The number of hydrogen-bond acceptors (Lipinski definition) is 4. The van der Waals surface area contributed by atoms with Crippen molar-refractivity contribution in [3.63, 3.8) is 0 Å². The first kappa shape index (κ1) is 17.9. The number of amides is 1. The Morgan fingerprint density at radius 3 is 2.68 bits per heavy atom. The van der Waals surface area contributed by atoms with E-state index in [4.69, 9.17) is 0 Å². The van der Waals surface area contributed by atoms with Crippen molar-refractivity contribution in [2.75, 3.05) is 16.2 Å². The molecule has 1 aromatic carbocycles. The van der Waals surface area contributed by atoms with Gasteiger partial charge >= 0.3 is 0 Å². The van der Waals surface area contributed by atoms with Gasteiger partial charge in [0.15, 0.2) is 0 Å². The fourth-order valence-corrected chi connectivity index (χ4v) is 5.25. The van der Waals surface area contributed by atoms with E-state index in [1.54, 1.807) is 17.0 Å². The molecule has 0 aliphatic carbocycles. The van der Waals surface area contributed by atoms with Crippen molar-refractivity contribution in [2.45, 2.75) is 37.8 Å². The number of aryl methyl sites for hydroxylation is 1. The fraction of sp³-hybridized carbons (Fsp3) is 0.389. The van der Waals surface area contributed by atoms with Gasteiger partial charge in [-0.2, -0.15) is 0 Å². The number of thiophene rings is 1. The molecular weight excluding hydrogens is 356 g/mol. The van der Waals surface area contributed by atoms with Gasteiger partial charge in [-0.25, -0.2) is 8.42 Å². The topological polar surface area (TPSA) is 66.5 Å². The Morgan fingerprint density at radius 2 is 2.04 bits per heavy atom. The van der Waals surface area contributed by atoms with E-state index in [2.05, 4.69) is 4.72 Å². The standard InChI is InChI=1S/C18H22N2O3S2/c1-4-15-6-8-17(24-15)25(22,23)19-14-5-7-16-13(11-14)9-10-20(16)18(21)12(2)3/h5-8,11-12,19H,4,9-10H2,1-3H3. The van der Waals surface area contributed by atoms with Crippen LogP contribution in [0.3, 0.4) is 0 Å². The Hall–Kier alpha value is -1.86. The minimum atomic E-state index is -3.58. The second-order valence-electron chi connectivity index (χ2n) is 6.42. The van der Waals surface area contributed by atoms with Gasteiger partial charge in [0.1, 0.15) is 4.21 Å². The summed E-state index contributed by atoms with van der Waals surface area (Å²) in [7, 11) is -3.58. The van der Waals surface area contributed by atoms with Crippen molar-refractivity contribution in [3.05, 3.63) is 40.8 Å². The highest BCUT2D eigenvalue weighted by Crippen LogP contribution is 2.32. The summed E-state index contributed by atoms with van der Waals surface area (Å²) in [5.74, 6) is 0.0356. The molecule has 25 heavy (non-hydrogen) atoms. The van der Waals surface area contributed by atoms with E-state index in [0.29, 0.717) is 16.4 Å². The SMILES string of the molecule is CCc1ccc(S(=O)(=O)Nc2ccc3c(c2)CCN3C(=O)C(C)C)s1. The number of hydrogen-bond donors (Lipinski definition) is 1. The maximum absolute atomic E-state index is 12.5. The molecule has 1 aromatic heterocycles. The van der Waals surface area contributed by atoms with E-state index in [1.807, 2.05) is 39.0 Å². The van der Waals surface area contributed by atoms with Crippen LogP contribution in [0, 0.1) is 5.92 Å². The lowest BCUT2D eigenvalue weighted by Gasteiger charge is -2.19. The van der Waals surface area contributed by atoms with Crippen molar-refractivity contribution >= 4 is 38.6 Å². The summed E-state index contributed by atoms with van der Waals surface area (Å²) < 4.78 is 28.0. The second-order valence-corrected chi connectivity index (χ2v) is 9.50. The van der Waals surface area contributed by atoms with E-state index in [0.717, 1.165) is 29.0 Å². The monoisotopic (exact) mass is 378 g/mol. The molecule has 0 saturated carbocycles. The number of carbonyl (C=O) groups is 1. The number of nitrogens with one attached hydrogen (secondary N) is 1. The molecule has 5 nitrogen and oxygen atoms in total. The summed E-state index contributed by atoms with van der Waals surface area (Å²) in [6, 6.07) is 8.86. The maximum Gasteiger partial charge on any atom is 0.271 e. The molecule has 1 aliphatic rings. The number of nitrogens with zero attached hydrogens (tertiary/aromatic N) is 1. The lowest BCUT2D eigenvalue weighted by Crippen LogP contribution is -2.32. The number of sulfonamides is 1. The Labute approximate surface area is 152 Å². The molecule has 1 N–H and O–H groups in total. The van der Waals surface area contributed by atoms with E-state index in [-0.39, 0.29) is 11.8 Å². The van der Waals surface area contributed by atoms with Gasteiger partial charge in [0.05, 0.1) is 0 Å². The molecular formula is C18H22N2O3S2. The third-order valence-electron chi connectivity index (χ3n) is 4.24. The minimum Gasteiger partial charge on any atom is -0.312 e. The molecule has 0 radical (unpaired) electrons. The van der Waals surface area contributed by atoms with Crippen LogP contribution < -0.4 is 9.62 Å². The Balaban J connectivity index is 1.83. The lowest BCUT2D eigenvalue weighted by molar-refractivity contribution is -0.121. The molecule has 0 bridgehead atoms. The van der Waals surface area contributed by atoms with Crippen LogP contribution >= 0.6 is 11.3 Å². The van der Waals surface area contributed by atoms with Crippen molar-refractivity contribution in [1.29, 1.82) is 0 Å². The molecule has 7 heteroatoms. The van der Waals surface area contributed by atoms with Crippen LogP contribution in [0.25, 0.3) is 0 Å². The third-order valence-corrected chi connectivity index (χ3v) is 7.34. The molecule has 0 unspecified atom stereocenters. The molecule has 0 spiro atoms. The summed E-state index contributed by atoms with van der Waals surface area (Å²) in [6.45, 7) is 6.41. The first-order chi connectivity index (χ1) is 11.8. The predicted octanol–water partition coefficient (Wildman–Crippen LogP) is 3.66. The molecule has 0 saturated heterocycles. The van der Waals surface area contributed by atoms with Crippen LogP contribution in [0.4, 0.5) is 11.4 Å². The summed E-state index contributed by atoms with van der Waals surface area (Å²) in [5.41, 5.74) is 2.41. The van der Waals surface area contributed by atoms with Crippen molar-refractivity contribution in [2.24, 2.45) is 5.92 Å². The molecule has 3 rings (SSSR count). The highest BCUT2D eigenvalue weighted by molar-refractivity contribution is 7.94. The molecule has 0 fully saturated rings. The quantitative estimate of drug-likeness (QED) is 0.863. The van der Waals surface area contributed by atoms with Gasteiger partial charge < -0.3 is 4.90 Å². The van der Waals surface area contributed by atoms with Crippen molar-refractivity contribution < 1.29 is 13.2 Å². The third kappa shape index (κ3) is 3.57. The van der Waals surface area contributed by atoms with Crippen LogP contribution in [0.2, 0.25) is 0 Å². The smallest absolute Gasteiger partial charge is 0.271 e. The number of fused-ring (bicyclic) bond motifs is 1. The van der Waals surface area contributed by atoms with Gasteiger partial charge in [0, 0.05) is 28.7 Å². The zero-order chi connectivity index (χ0) is 18.2. The number of carbonyl (C=O) groups excluding carboxylic acids is 1. The lowest BCUT2D eigenvalue weighted by atomic mass is 10.1. The van der Waals surface area contributed by atoms with Crippen molar-refractivity contribution in [1.82, 2.24) is 0 Å². The summed E-state index contributed by atoms with van der Waals surface area (Å²) >= 11 is 1.29.